The first-order chi connectivity index (χ1) is 11.6. The third-order valence-electron chi connectivity index (χ3n) is 4.72. The molecule has 1 N–H and O–H groups in total. The Bertz CT molecular complexity index is 646. The van der Waals surface area contributed by atoms with Gasteiger partial charge >= 0.3 is 0 Å². The number of benzene rings is 1. The van der Waals surface area contributed by atoms with Crippen LogP contribution in [0.2, 0.25) is 0 Å². The van der Waals surface area contributed by atoms with Gasteiger partial charge in [0.25, 0.3) is 0 Å². The van der Waals surface area contributed by atoms with Crippen molar-refractivity contribution >= 4 is 5.91 Å². The van der Waals surface area contributed by atoms with Gasteiger partial charge in [-0.15, -0.1) is 0 Å². The molecule has 0 radical (unpaired) electrons. The molecule has 1 atom stereocenters. The molecule has 2 heterocycles. The maximum absolute atomic E-state index is 13.0. The lowest BCUT2D eigenvalue weighted by molar-refractivity contribution is -0.133. The zero-order chi connectivity index (χ0) is 16.9. The van der Waals surface area contributed by atoms with Gasteiger partial charge in [-0.25, -0.2) is 4.39 Å². The van der Waals surface area contributed by atoms with Gasteiger partial charge in [0.15, 0.2) is 0 Å². The number of furan rings is 1. The minimum absolute atomic E-state index is 0.101. The van der Waals surface area contributed by atoms with Gasteiger partial charge in [-0.1, -0.05) is 12.1 Å². The minimum atomic E-state index is -0.606. The average Bonchev–Trinajstić information content (AvgIpc) is 3.13. The summed E-state index contributed by atoms with van der Waals surface area (Å²) in [5.74, 6) is 0.749. The van der Waals surface area contributed by atoms with E-state index in [1.807, 2.05) is 17.0 Å². The van der Waals surface area contributed by atoms with E-state index >= 15 is 0 Å². The Morgan fingerprint density at radius 2 is 1.96 bits per heavy atom. The van der Waals surface area contributed by atoms with Gasteiger partial charge in [0.2, 0.25) is 5.91 Å². The van der Waals surface area contributed by atoms with E-state index in [1.165, 1.54) is 12.1 Å². The molecule has 3 rings (SSSR count). The molecule has 1 aromatic carbocycles. The van der Waals surface area contributed by atoms with E-state index in [2.05, 4.69) is 0 Å². The van der Waals surface area contributed by atoms with Crippen molar-refractivity contribution in [2.24, 2.45) is 5.92 Å². The number of piperidine rings is 1. The van der Waals surface area contributed by atoms with Crippen LogP contribution in [0.4, 0.5) is 4.39 Å². The number of likely N-dealkylation sites (tertiary alicyclic amines) is 1. The SMILES string of the molecule is O=C(CCc1ccco1)N1CCC(C(O)c2ccc(F)cc2)CC1. The topological polar surface area (TPSA) is 53.7 Å². The Labute approximate surface area is 140 Å². The summed E-state index contributed by atoms with van der Waals surface area (Å²) in [7, 11) is 0. The molecule has 1 amide bonds. The van der Waals surface area contributed by atoms with Crippen molar-refractivity contribution in [3.05, 3.63) is 59.8 Å². The minimum Gasteiger partial charge on any atom is -0.469 e. The summed E-state index contributed by atoms with van der Waals surface area (Å²) in [4.78, 5) is 14.1. The molecular formula is C19H22FNO3. The fourth-order valence-corrected chi connectivity index (χ4v) is 3.24. The molecular weight excluding hydrogens is 309 g/mol. The van der Waals surface area contributed by atoms with Gasteiger partial charge in [0.05, 0.1) is 12.4 Å². The molecule has 0 spiro atoms. The predicted molar refractivity (Wildman–Crippen MR) is 87.7 cm³/mol. The van der Waals surface area contributed by atoms with E-state index in [0.29, 0.717) is 25.9 Å². The quantitative estimate of drug-likeness (QED) is 0.914. The molecule has 0 bridgehead atoms. The van der Waals surface area contributed by atoms with Crippen LogP contribution < -0.4 is 0 Å². The second-order valence-corrected chi connectivity index (χ2v) is 6.29. The van der Waals surface area contributed by atoms with Crippen LogP contribution in [-0.4, -0.2) is 29.0 Å². The van der Waals surface area contributed by atoms with Crippen LogP contribution in [0.1, 0.15) is 36.7 Å². The molecule has 1 fully saturated rings. The van der Waals surface area contributed by atoms with E-state index in [0.717, 1.165) is 24.2 Å². The monoisotopic (exact) mass is 331 g/mol. The van der Waals surface area contributed by atoms with Crippen LogP contribution in [0.3, 0.4) is 0 Å². The lowest BCUT2D eigenvalue weighted by Crippen LogP contribution is -2.39. The average molecular weight is 331 g/mol. The number of rotatable bonds is 5. The highest BCUT2D eigenvalue weighted by atomic mass is 19.1. The Balaban J connectivity index is 1.48. The summed E-state index contributed by atoms with van der Waals surface area (Å²) in [5, 5.41) is 10.5. The molecule has 4 nitrogen and oxygen atoms in total. The number of aliphatic hydroxyl groups excluding tert-OH is 1. The van der Waals surface area contributed by atoms with Gasteiger partial charge in [0, 0.05) is 25.9 Å². The summed E-state index contributed by atoms with van der Waals surface area (Å²) in [6, 6.07) is 9.68. The summed E-state index contributed by atoms with van der Waals surface area (Å²) in [5.41, 5.74) is 0.735. The molecule has 5 heteroatoms. The second-order valence-electron chi connectivity index (χ2n) is 6.29. The Morgan fingerprint density at radius 1 is 1.25 bits per heavy atom. The third kappa shape index (κ3) is 4.03. The molecule has 1 aliphatic rings. The third-order valence-corrected chi connectivity index (χ3v) is 4.72. The van der Waals surface area contributed by atoms with E-state index in [9.17, 15) is 14.3 Å². The zero-order valence-corrected chi connectivity index (χ0v) is 13.5. The molecule has 1 saturated heterocycles. The highest BCUT2D eigenvalue weighted by Gasteiger charge is 2.28. The lowest BCUT2D eigenvalue weighted by Gasteiger charge is -2.34. The Kier molecular flexibility index (Phi) is 5.30. The standard InChI is InChI=1S/C19H22FNO3/c20-16-5-3-14(4-6-16)19(23)15-9-11-21(12-10-15)18(22)8-7-17-2-1-13-24-17/h1-6,13,15,19,23H,7-12H2. The van der Waals surface area contributed by atoms with Crippen molar-refractivity contribution in [2.45, 2.75) is 31.8 Å². The summed E-state index contributed by atoms with van der Waals surface area (Å²) >= 11 is 0. The number of halogens is 1. The summed E-state index contributed by atoms with van der Waals surface area (Å²) < 4.78 is 18.2. The number of carbonyl (C=O) groups excluding carboxylic acids is 1. The predicted octanol–water partition coefficient (Wildman–Crippen LogP) is 3.32. The summed E-state index contributed by atoms with van der Waals surface area (Å²) in [6.07, 6.45) is 3.58. The van der Waals surface area contributed by atoms with Gasteiger partial charge in [-0.05, 0) is 48.6 Å². The van der Waals surface area contributed by atoms with Crippen LogP contribution >= 0.6 is 0 Å². The number of carbonyl (C=O) groups is 1. The largest absolute Gasteiger partial charge is 0.469 e. The smallest absolute Gasteiger partial charge is 0.223 e. The zero-order valence-electron chi connectivity index (χ0n) is 13.5. The number of hydrogen-bond acceptors (Lipinski definition) is 3. The van der Waals surface area contributed by atoms with Crippen molar-refractivity contribution in [3.63, 3.8) is 0 Å². The normalized spacial score (nSPS) is 17.0. The van der Waals surface area contributed by atoms with Crippen molar-refractivity contribution in [1.82, 2.24) is 4.90 Å². The maximum atomic E-state index is 13.0. The Morgan fingerprint density at radius 3 is 2.58 bits per heavy atom. The molecule has 24 heavy (non-hydrogen) atoms. The van der Waals surface area contributed by atoms with Crippen LogP contribution in [0.5, 0.6) is 0 Å². The van der Waals surface area contributed by atoms with Gasteiger partial charge in [-0.2, -0.15) is 0 Å². The lowest BCUT2D eigenvalue weighted by atomic mass is 9.87. The van der Waals surface area contributed by atoms with Crippen molar-refractivity contribution in [2.75, 3.05) is 13.1 Å². The molecule has 2 aromatic rings. The molecule has 1 unspecified atom stereocenters. The van der Waals surface area contributed by atoms with Crippen LogP contribution in [0.15, 0.2) is 47.1 Å². The molecule has 128 valence electrons. The van der Waals surface area contributed by atoms with Gasteiger partial charge < -0.3 is 14.4 Å². The fourth-order valence-electron chi connectivity index (χ4n) is 3.24. The first kappa shape index (κ1) is 16.7. The van der Waals surface area contributed by atoms with E-state index in [-0.39, 0.29) is 17.6 Å². The number of aryl methyl sites for hydroxylation is 1. The first-order valence-corrected chi connectivity index (χ1v) is 8.37. The van der Waals surface area contributed by atoms with E-state index in [4.69, 9.17) is 4.42 Å². The fraction of sp³-hybridized carbons (Fsp3) is 0.421. The van der Waals surface area contributed by atoms with Crippen molar-refractivity contribution in [1.29, 1.82) is 0 Å². The number of nitrogens with zero attached hydrogens (tertiary/aromatic N) is 1. The summed E-state index contributed by atoms with van der Waals surface area (Å²) in [6.45, 7) is 1.31. The number of hydrogen-bond donors (Lipinski definition) is 1. The molecule has 1 aromatic heterocycles. The van der Waals surface area contributed by atoms with Crippen LogP contribution in [-0.2, 0) is 11.2 Å². The first-order valence-electron chi connectivity index (χ1n) is 8.37. The maximum Gasteiger partial charge on any atom is 0.223 e. The van der Waals surface area contributed by atoms with Crippen molar-refractivity contribution < 1.29 is 18.7 Å². The Hall–Kier alpha value is -2.14. The number of amides is 1. The highest BCUT2D eigenvalue weighted by molar-refractivity contribution is 5.76. The second kappa shape index (κ2) is 7.62. The molecule has 0 saturated carbocycles. The van der Waals surface area contributed by atoms with Crippen LogP contribution in [0, 0.1) is 11.7 Å². The van der Waals surface area contributed by atoms with E-state index < -0.39 is 6.10 Å². The van der Waals surface area contributed by atoms with Crippen molar-refractivity contribution in [3.8, 4) is 0 Å². The number of aliphatic hydroxyl groups is 1. The van der Waals surface area contributed by atoms with Crippen LogP contribution in [0.25, 0.3) is 0 Å². The van der Waals surface area contributed by atoms with Gasteiger partial charge in [-0.3, -0.25) is 4.79 Å². The highest BCUT2D eigenvalue weighted by Crippen LogP contribution is 2.31. The molecule has 0 aliphatic carbocycles. The van der Waals surface area contributed by atoms with E-state index in [1.54, 1.807) is 18.4 Å². The molecule has 1 aliphatic heterocycles. The van der Waals surface area contributed by atoms with Gasteiger partial charge in [0.1, 0.15) is 11.6 Å².